The molecule has 1 aromatic carbocycles. The predicted molar refractivity (Wildman–Crippen MR) is 82.1 cm³/mol. The van der Waals surface area contributed by atoms with Gasteiger partial charge in [-0.25, -0.2) is 4.39 Å². The molecule has 0 aromatic heterocycles. The molecule has 0 bridgehead atoms. The number of nitrogens with zero attached hydrogens (tertiary/aromatic N) is 2. The van der Waals surface area contributed by atoms with Gasteiger partial charge in [-0.1, -0.05) is 0 Å². The normalized spacial score (nSPS) is 18.5. The highest BCUT2D eigenvalue weighted by Gasteiger charge is 2.80. The Morgan fingerprint density at radius 2 is 1.22 bits per heavy atom. The summed E-state index contributed by atoms with van der Waals surface area (Å²) in [4.78, 5) is 13.3. The molecule has 1 aliphatic rings. The van der Waals surface area contributed by atoms with Crippen LogP contribution >= 0.6 is 0 Å². The van der Waals surface area contributed by atoms with Crippen LogP contribution in [0, 0.1) is 5.82 Å². The van der Waals surface area contributed by atoms with Crippen molar-refractivity contribution < 1.29 is 62.2 Å². The van der Waals surface area contributed by atoms with Crippen molar-refractivity contribution in [1.82, 2.24) is 4.90 Å². The van der Waals surface area contributed by atoms with Gasteiger partial charge in [0.2, 0.25) is 0 Å². The smallest absolute Gasteiger partial charge is 0.368 e. The maximum atomic E-state index is 14.4. The van der Waals surface area contributed by atoms with Crippen LogP contribution in [0.2, 0.25) is 0 Å². The predicted octanol–water partition coefficient (Wildman–Crippen LogP) is 4.51. The van der Waals surface area contributed by atoms with Crippen LogP contribution in [0.3, 0.4) is 0 Å². The standard InChI is InChI=1S/C16H12F12N2O2/c17-9-1-3-10(4-2-9)29-5-7-30(8-6-29)11(31)12(18,14(21,22)23)32-16(27,28)13(19,20)15(24,25)26/h1-4H,5-8H2/t12-/m1/s1. The Kier molecular flexibility index (Phi) is 6.62. The highest BCUT2D eigenvalue weighted by molar-refractivity contribution is 5.85. The molecule has 4 nitrogen and oxygen atoms in total. The first-order chi connectivity index (χ1) is 14.3. The van der Waals surface area contributed by atoms with Gasteiger partial charge < -0.3 is 9.80 Å². The van der Waals surface area contributed by atoms with Gasteiger partial charge in [0.05, 0.1) is 0 Å². The number of hydrogen-bond donors (Lipinski definition) is 0. The van der Waals surface area contributed by atoms with Crippen molar-refractivity contribution in [3.63, 3.8) is 0 Å². The highest BCUT2D eigenvalue weighted by atomic mass is 19.4. The number of rotatable bonds is 5. The Morgan fingerprint density at radius 1 is 0.750 bits per heavy atom. The van der Waals surface area contributed by atoms with Gasteiger partial charge in [-0.15, -0.1) is 0 Å². The lowest BCUT2D eigenvalue weighted by atomic mass is 10.2. The summed E-state index contributed by atoms with van der Waals surface area (Å²) in [5, 5.41) is 0. The molecule has 1 aromatic rings. The summed E-state index contributed by atoms with van der Waals surface area (Å²) >= 11 is 0. The molecular weight excluding hydrogens is 480 g/mol. The van der Waals surface area contributed by atoms with Gasteiger partial charge in [-0.3, -0.25) is 9.53 Å². The van der Waals surface area contributed by atoms with E-state index >= 15 is 0 Å². The third-order valence-electron chi connectivity index (χ3n) is 4.39. The number of ether oxygens (including phenoxy) is 1. The summed E-state index contributed by atoms with van der Waals surface area (Å²) in [6, 6.07) is 4.56. The maximum Gasteiger partial charge on any atom is 0.462 e. The van der Waals surface area contributed by atoms with Gasteiger partial charge >= 0.3 is 30.2 Å². The summed E-state index contributed by atoms with van der Waals surface area (Å²) in [5.41, 5.74) is 0.327. The van der Waals surface area contributed by atoms with Crippen LogP contribution in [0.25, 0.3) is 0 Å². The summed E-state index contributed by atoms with van der Waals surface area (Å²) in [6.45, 7) is -2.22. The second kappa shape index (κ2) is 8.19. The molecule has 182 valence electrons. The quantitative estimate of drug-likeness (QED) is 0.568. The van der Waals surface area contributed by atoms with Crippen molar-refractivity contribution in [3.8, 4) is 0 Å². The second-order valence-corrected chi connectivity index (χ2v) is 6.54. The van der Waals surface area contributed by atoms with E-state index < -0.39 is 55.1 Å². The van der Waals surface area contributed by atoms with Crippen LogP contribution in [-0.2, 0) is 9.53 Å². The van der Waals surface area contributed by atoms with Gasteiger partial charge in [-0.05, 0) is 24.3 Å². The Bertz CT molecular complexity index is 816. The van der Waals surface area contributed by atoms with Crippen molar-refractivity contribution in [1.29, 1.82) is 0 Å². The Morgan fingerprint density at radius 3 is 1.62 bits per heavy atom. The summed E-state index contributed by atoms with van der Waals surface area (Å²) in [5.74, 6) is -17.0. The lowest BCUT2D eigenvalue weighted by Crippen LogP contribution is -2.65. The molecule has 1 aliphatic heterocycles. The topological polar surface area (TPSA) is 32.8 Å². The van der Waals surface area contributed by atoms with E-state index in [4.69, 9.17) is 0 Å². The Hall–Kier alpha value is -2.39. The van der Waals surface area contributed by atoms with Crippen molar-refractivity contribution in [2.75, 3.05) is 31.1 Å². The van der Waals surface area contributed by atoms with Crippen LogP contribution in [-0.4, -0.2) is 67.2 Å². The average molecular weight is 492 g/mol. The molecule has 0 spiro atoms. The van der Waals surface area contributed by atoms with Crippen molar-refractivity contribution >= 4 is 11.6 Å². The molecule has 0 unspecified atom stereocenters. The average Bonchev–Trinajstić information content (AvgIpc) is 2.66. The van der Waals surface area contributed by atoms with E-state index in [0.717, 1.165) is 12.1 Å². The van der Waals surface area contributed by atoms with Gasteiger partial charge in [0.15, 0.2) is 0 Å². The number of piperazine rings is 1. The van der Waals surface area contributed by atoms with E-state index in [1.165, 1.54) is 17.0 Å². The molecule has 1 saturated heterocycles. The molecule has 0 saturated carbocycles. The summed E-state index contributed by atoms with van der Waals surface area (Å²) in [6.07, 6.45) is -20.9. The number of amides is 1. The zero-order valence-corrected chi connectivity index (χ0v) is 15.4. The van der Waals surface area contributed by atoms with E-state index in [-0.39, 0.29) is 18.0 Å². The van der Waals surface area contributed by atoms with Crippen molar-refractivity contribution in [3.05, 3.63) is 30.1 Å². The Balaban J connectivity index is 2.24. The fourth-order valence-electron chi connectivity index (χ4n) is 2.65. The second-order valence-electron chi connectivity index (χ2n) is 6.54. The molecule has 16 heteroatoms. The zero-order valence-electron chi connectivity index (χ0n) is 15.4. The molecule has 0 aliphatic carbocycles. The molecule has 1 fully saturated rings. The van der Waals surface area contributed by atoms with Crippen LogP contribution < -0.4 is 4.90 Å². The largest absolute Gasteiger partial charge is 0.462 e. The third-order valence-corrected chi connectivity index (χ3v) is 4.39. The summed E-state index contributed by atoms with van der Waals surface area (Å²) in [7, 11) is 0. The SMILES string of the molecule is O=C(N1CCN(c2ccc(F)cc2)CC1)[C@@](F)(OC(F)(F)C(F)(F)C(F)(F)F)C(F)(F)F. The maximum absolute atomic E-state index is 14.4. The number of alkyl halides is 11. The van der Waals surface area contributed by atoms with Crippen LogP contribution in [0.1, 0.15) is 0 Å². The molecule has 32 heavy (non-hydrogen) atoms. The fourth-order valence-corrected chi connectivity index (χ4v) is 2.65. The lowest BCUT2D eigenvalue weighted by Gasteiger charge is -2.40. The molecule has 1 atom stereocenters. The molecule has 1 heterocycles. The van der Waals surface area contributed by atoms with Gasteiger partial charge in [0, 0.05) is 31.9 Å². The highest BCUT2D eigenvalue weighted by Crippen LogP contribution is 2.51. The number of anilines is 1. The fraction of sp³-hybridized carbons (Fsp3) is 0.562. The minimum absolute atomic E-state index is 0.0185. The van der Waals surface area contributed by atoms with Crippen LogP contribution in [0.4, 0.5) is 58.4 Å². The van der Waals surface area contributed by atoms with Crippen molar-refractivity contribution in [2.45, 2.75) is 30.2 Å². The third kappa shape index (κ3) is 4.68. The number of carbonyl (C=O) groups excluding carboxylic acids is 1. The van der Waals surface area contributed by atoms with Gasteiger partial charge in [0.25, 0.3) is 5.91 Å². The first kappa shape index (κ1) is 25.9. The monoisotopic (exact) mass is 492 g/mol. The van der Waals surface area contributed by atoms with Gasteiger partial charge in [0.1, 0.15) is 5.82 Å². The first-order valence-electron chi connectivity index (χ1n) is 8.41. The van der Waals surface area contributed by atoms with E-state index in [2.05, 4.69) is 4.74 Å². The minimum Gasteiger partial charge on any atom is -0.368 e. The van der Waals surface area contributed by atoms with Crippen LogP contribution in [0.5, 0.6) is 0 Å². The Labute approximate surface area is 171 Å². The molecule has 0 radical (unpaired) electrons. The molecule has 1 amide bonds. The van der Waals surface area contributed by atoms with Gasteiger partial charge in [-0.2, -0.15) is 48.3 Å². The van der Waals surface area contributed by atoms with E-state index in [1.807, 2.05) is 0 Å². The van der Waals surface area contributed by atoms with E-state index in [9.17, 15) is 57.5 Å². The number of halogens is 12. The zero-order chi connectivity index (χ0) is 24.8. The molecule has 2 rings (SSSR count). The van der Waals surface area contributed by atoms with Crippen LogP contribution in [0.15, 0.2) is 24.3 Å². The number of carbonyl (C=O) groups is 1. The summed E-state index contributed by atoms with van der Waals surface area (Å²) < 4.78 is 158. The molecule has 0 N–H and O–H groups in total. The van der Waals surface area contributed by atoms with E-state index in [1.54, 1.807) is 0 Å². The number of hydrogen-bond acceptors (Lipinski definition) is 3. The minimum atomic E-state index is -7.25. The molecular formula is C16H12F12N2O2. The first-order valence-corrected chi connectivity index (χ1v) is 8.41. The van der Waals surface area contributed by atoms with Crippen molar-refractivity contribution in [2.24, 2.45) is 0 Å². The number of benzene rings is 1. The lowest BCUT2D eigenvalue weighted by molar-refractivity contribution is -0.473. The van der Waals surface area contributed by atoms with E-state index in [0.29, 0.717) is 5.69 Å².